The molecular weight excluding hydrogens is 364 g/mol. The van der Waals surface area contributed by atoms with Crippen LogP contribution in [0.3, 0.4) is 0 Å². The normalized spacial score (nSPS) is 14.6. The Morgan fingerprint density at radius 2 is 1.93 bits per heavy atom. The molecule has 1 aliphatic heterocycles. The summed E-state index contributed by atoms with van der Waals surface area (Å²) in [5.74, 6) is 0.844. The van der Waals surface area contributed by atoms with Crippen molar-refractivity contribution in [3.05, 3.63) is 59.4 Å². The smallest absolute Gasteiger partial charge is 0.318 e. The van der Waals surface area contributed by atoms with Crippen molar-refractivity contribution >= 4 is 6.03 Å². The van der Waals surface area contributed by atoms with Crippen LogP contribution in [0.1, 0.15) is 43.5 Å². The minimum Gasteiger partial charge on any atom is -0.491 e. The molecule has 2 aromatic rings. The van der Waals surface area contributed by atoms with Crippen molar-refractivity contribution in [2.45, 2.75) is 58.8 Å². The molecule has 2 N–H and O–H groups in total. The first kappa shape index (κ1) is 21.1. The van der Waals surface area contributed by atoms with Crippen molar-refractivity contribution < 1.29 is 9.53 Å². The van der Waals surface area contributed by atoms with Crippen LogP contribution in [0.4, 0.5) is 4.79 Å². The van der Waals surface area contributed by atoms with Gasteiger partial charge in [-0.2, -0.15) is 0 Å². The van der Waals surface area contributed by atoms with Gasteiger partial charge in [0.2, 0.25) is 0 Å². The van der Waals surface area contributed by atoms with Crippen LogP contribution in [0, 0.1) is 6.92 Å². The molecule has 6 heteroatoms. The molecule has 156 valence electrons. The van der Waals surface area contributed by atoms with E-state index in [2.05, 4.69) is 15.6 Å². The number of ether oxygens (including phenoxy) is 1. The number of hydrogen-bond donors (Lipinski definition) is 2. The van der Waals surface area contributed by atoms with Crippen molar-refractivity contribution in [3.63, 3.8) is 0 Å². The van der Waals surface area contributed by atoms with Crippen LogP contribution in [0.2, 0.25) is 0 Å². The number of urea groups is 1. The number of aryl methyl sites for hydroxylation is 1. The first-order valence-electron chi connectivity index (χ1n) is 10.4. The van der Waals surface area contributed by atoms with Gasteiger partial charge < -0.3 is 20.3 Å². The van der Waals surface area contributed by atoms with E-state index < -0.39 is 0 Å². The summed E-state index contributed by atoms with van der Waals surface area (Å²) in [7, 11) is 0. The SMILES string of the molecule is Cc1ccc(CN(C(=O)NCc2ccc(OC(C)C)cc2)C2CCNCC2)nc1. The molecule has 6 nitrogen and oxygen atoms in total. The van der Waals surface area contributed by atoms with E-state index in [0.717, 1.165) is 48.5 Å². The molecule has 0 unspecified atom stereocenters. The second kappa shape index (κ2) is 10.3. The Morgan fingerprint density at radius 1 is 1.21 bits per heavy atom. The Hall–Kier alpha value is -2.60. The van der Waals surface area contributed by atoms with Crippen molar-refractivity contribution in [2.75, 3.05) is 13.1 Å². The van der Waals surface area contributed by atoms with Crippen molar-refractivity contribution in [1.82, 2.24) is 20.5 Å². The van der Waals surface area contributed by atoms with Gasteiger partial charge in [0.15, 0.2) is 0 Å². The fraction of sp³-hybridized carbons (Fsp3) is 0.478. The van der Waals surface area contributed by atoms with E-state index in [1.165, 1.54) is 0 Å². The number of aromatic nitrogens is 1. The highest BCUT2D eigenvalue weighted by Gasteiger charge is 2.25. The van der Waals surface area contributed by atoms with Crippen LogP contribution in [0.25, 0.3) is 0 Å². The third-order valence-electron chi connectivity index (χ3n) is 5.05. The molecule has 1 aliphatic rings. The summed E-state index contributed by atoms with van der Waals surface area (Å²) in [6.45, 7) is 8.92. The van der Waals surface area contributed by atoms with Crippen LogP contribution >= 0.6 is 0 Å². The number of piperidine rings is 1. The molecule has 0 atom stereocenters. The maximum absolute atomic E-state index is 13.0. The first-order valence-corrected chi connectivity index (χ1v) is 10.4. The van der Waals surface area contributed by atoms with Gasteiger partial charge >= 0.3 is 6.03 Å². The fourth-order valence-corrected chi connectivity index (χ4v) is 3.49. The summed E-state index contributed by atoms with van der Waals surface area (Å²) in [4.78, 5) is 19.5. The number of carbonyl (C=O) groups excluding carboxylic acids is 1. The molecule has 0 spiro atoms. The van der Waals surface area contributed by atoms with Crippen LogP contribution in [0.15, 0.2) is 42.6 Å². The Morgan fingerprint density at radius 3 is 2.55 bits per heavy atom. The quantitative estimate of drug-likeness (QED) is 0.750. The molecule has 29 heavy (non-hydrogen) atoms. The number of carbonyl (C=O) groups is 1. The highest BCUT2D eigenvalue weighted by molar-refractivity contribution is 5.74. The molecule has 0 bridgehead atoms. The zero-order chi connectivity index (χ0) is 20.6. The molecule has 0 aliphatic carbocycles. The summed E-state index contributed by atoms with van der Waals surface area (Å²) in [6, 6.07) is 12.1. The standard InChI is InChI=1S/C23H32N4O2/c1-17(2)29-22-8-5-19(6-9-22)15-26-23(28)27(21-10-12-24-13-11-21)16-20-7-4-18(3)14-25-20/h4-9,14,17,21,24H,10-13,15-16H2,1-3H3,(H,26,28). The number of pyridine rings is 1. The minimum atomic E-state index is -0.0400. The molecule has 1 fully saturated rings. The largest absolute Gasteiger partial charge is 0.491 e. The average Bonchev–Trinajstić information content (AvgIpc) is 2.73. The van der Waals surface area contributed by atoms with Gasteiger partial charge in [0.05, 0.1) is 18.3 Å². The van der Waals surface area contributed by atoms with Crippen molar-refractivity contribution in [2.24, 2.45) is 0 Å². The van der Waals surface area contributed by atoms with E-state index in [1.54, 1.807) is 0 Å². The van der Waals surface area contributed by atoms with Crippen molar-refractivity contribution in [3.8, 4) is 5.75 Å². The van der Waals surface area contributed by atoms with E-state index in [9.17, 15) is 4.79 Å². The van der Waals surface area contributed by atoms with Gasteiger partial charge in [0.25, 0.3) is 0 Å². The Balaban J connectivity index is 1.63. The number of benzene rings is 1. The highest BCUT2D eigenvalue weighted by Crippen LogP contribution is 2.17. The number of rotatable bonds is 7. The lowest BCUT2D eigenvalue weighted by atomic mass is 10.0. The second-order valence-electron chi connectivity index (χ2n) is 7.91. The maximum Gasteiger partial charge on any atom is 0.318 e. The Labute approximate surface area is 173 Å². The predicted octanol–water partition coefficient (Wildman–Crippen LogP) is 3.64. The van der Waals surface area contributed by atoms with Crippen LogP contribution in [-0.2, 0) is 13.1 Å². The number of nitrogens with one attached hydrogen (secondary N) is 2. The predicted molar refractivity (Wildman–Crippen MR) is 115 cm³/mol. The Bertz CT molecular complexity index is 768. The van der Waals surface area contributed by atoms with E-state index in [-0.39, 0.29) is 18.2 Å². The van der Waals surface area contributed by atoms with E-state index in [0.29, 0.717) is 13.1 Å². The number of hydrogen-bond acceptors (Lipinski definition) is 4. The summed E-state index contributed by atoms with van der Waals surface area (Å²) < 4.78 is 5.68. The third kappa shape index (κ3) is 6.46. The lowest BCUT2D eigenvalue weighted by molar-refractivity contribution is 0.153. The molecule has 1 aromatic carbocycles. The summed E-state index contributed by atoms with van der Waals surface area (Å²) in [5.41, 5.74) is 3.09. The summed E-state index contributed by atoms with van der Waals surface area (Å²) in [5, 5.41) is 6.46. The molecule has 0 saturated carbocycles. The van der Waals surface area contributed by atoms with E-state index in [1.807, 2.05) is 68.3 Å². The molecular formula is C23H32N4O2. The summed E-state index contributed by atoms with van der Waals surface area (Å²) >= 11 is 0. The average molecular weight is 397 g/mol. The molecule has 0 radical (unpaired) electrons. The van der Waals surface area contributed by atoms with Crippen LogP contribution in [0.5, 0.6) is 5.75 Å². The van der Waals surface area contributed by atoms with Gasteiger partial charge in [0.1, 0.15) is 5.75 Å². The number of amides is 2. The highest BCUT2D eigenvalue weighted by atomic mass is 16.5. The van der Waals surface area contributed by atoms with Gasteiger partial charge in [-0.15, -0.1) is 0 Å². The van der Waals surface area contributed by atoms with Crippen LogP contribution in [-0.4, -0.2) is 41.2 Å². The molecule has 2 heterocycles. The monoisotopic (exact) mass is 396 g/mol. The van der Waals surface area contributed by atoms with Crippen LogP contribution < -0.4 is 15.4 Å². The molecule has 1 saturated heterocycles. The van der Waals surface area contributed by atoms with Gasteiger partial charge in [-0.3, -0.25) is 4.98 Å². The lowest BCUT2D eigenvalue weighted by Crippen LogP contribution is -2.49. The zero-order valence-electron chi connectivity index (χ0n) is 17.6. The summed E-state index contributed by atoms with van der Waals surface area (Å²) in [6.07, 6.45) is 3.92. The zero-order valence-corrected chi connectivity index (χ0v) is 17.6. The third-order valence-corrected chi connectivity index (χ3v) is 5.05. The topological polar surface area (TPSA) is 66.5 Å². The number of nitrogens with zero attached hydrogens (tertiary/aromatic N) is 2. The Kier molecular flexibility index (Phi) is 7.47. The first-order chi connectivity index (χ1) is 14.0. The van der Waals surface area contributed by atoms with E-state index in [4.69, 9.17) is 4.74 Å². The van der Waals surface area contributed by atoms with Crippen molar-refractivity contribution in [1.29, 1.82) is 0 Å². The molecule has 3 rings (SSSR count). The minimum absolute atomic E-state index is 0.0400. The van der Waals surface area contributed by atoms with Gasteiger partial charge in [-0.05, 0) is 76.0 Å². The lowest BCUT2D eigenvalue weighted by Gasteiger charge is -2.34. The van der Waals surface area contributed by atoms with Gasteiger partial charge in [0, 0.05) is 18.8 Å². The van der Waals surface area contributed by atoms with E-state index >= 15 is 0 Å². The maximum atomic E-state index is 13.0. The van der Waals surface area contributed by atoms with Gasteiger partial charge in [-0.1, -0.05) is 18.2 Å². The molecule has 2 amide bonds. The molecule has 1 aromatic heterocycles. The second-order valence-corrected chi connectivity index (χ2v) is 7.91. The van der Waals surface area contributed by atoms with Gasteiger partial charge in [-0.25, -0.2) is 4.79 Å². The fourth-order valence-electron chi connectivity index (χ4n) is 3.49.